The lowest BCUT2D eigenvalue weighted by Gasteiger charge is -2.10. The van der Waals surface area contributed by atoms with Crippen LogP contribution in [0.3, 0.4) is 0 Å². The number of carbonyl (C=O) groups is 1. The largest absolute Gasteiger partial charge is 0.339 e. The van der Waals surface area contributed by atoms with Crippen molar-refractivity contribution in [3.8, 4) is 6.07 Å². The first-order valence-electron chi connectivity index (χ1n) is 3.90. The van der Waals surface area contributed by atoms with E-state index in [1.54, 1.807) is 0 Å². The molecule has 5 nitrogen and oxygen atoms in total. The molecule has 0 N–H and O–H groups in total. The summed E-state index contributed by atoms with van der Waals surface area (Å²) in [5.41, 5.74) is 0. The number of carbonyl (C=O) groups excluding carboxylic acids is 1. The van der Waals surface area contributed by atoms with Crippen molar-refractivity contribution in [3.63, 3.8) is 0 Å². The minimum Gasteiger partial charge on any atom is -0.327 e. The Balaban J connectivity index is 2.76. The number of amides is 1. The van der Waals surface area contributed by atoms with Crippen LogP contribution in [0.5, 0.6) is 0 Å². The number of rotatable bonds is 2. The van der Waals surface area contributed by atoms with E-state index in [4.69, 9.17) is 5.26 Å². The lowest BCUT2D eigenvalue weighted by molar-refractivity contribution is 0.228. The van der Waals surface area contributed by atoms with Crippen molar-refractivity contribution in [2.75, 3.05) is 13.1 Å². The topological polar surface area (TPSA) is 78.2 Å². The van der Waals surface area contributed by atoms with Crippen LogP contribution in [-0.4, -0.2) is 36.9 Å². The van der Waals surface area contributed by atoms with Crippen molar-refractivity contribution in [1.29, 1.82) is 5.26 Å². The maximum Gasteiger partial charge on any atom is 0.339 e. The van der Waals surface area contributed by atoms with E-state index in [9.17, 15) is 13.2 Å². The molecule has 1 amide bonds. The second-order valence-electron chi connectivity index (χ2n) is 2.98. The fraction of sp³-hybridized carbons (Fsp3) is 0.714. The molecular weight excluding hydrogens is 192 g/mol. The Morgan fingerprint density at radius 3 is 2.69 bits per heavy atom. The third kappa shape index (κ3) is 1.65. The summed E-state index contributed by atoms with van der Waals surface area (Å²) in [5, 5.41) is 6.79. The third-order valence-electron chi connectivity index (χ3n) is 2.00. The fourth-order valence-corrected chi connectivity index (χ4v) is 2.45. The van der Waals surface area contributed by atoms with Crippen molar-refractivity contribution < 1.29 is 13.2 Å². The summed E-state index contributed by atoms with van der Waals surface area (Å²) in [4.78, 5) is 12.4. The second-order valence-corrected chi connectivity index (χ2v) is 5.22. The summed E-state index contributed by atoms with van der Waals surface area (Å²) in [6.45, 7) is 1.92. The smallest absolute Gasteiger partial charge is 0.327 e. The normalized spacial score (nSPS) is 26.0. The molecule has 1 heterocycles. The first-order chi connectivity index (χ1) is 6.00. The van der Waals surface area contributed by atoms with Gasteiger partial charge in [-0.05, 0) is 6.92 Å². The van der Waals surface area contributed by atoms with Crippen molar-refractivity contribution in [3.05, 3.63) is 0 Å². The predicted molar refractivity (Wildman–Crippen MR) is 45.6 cm³/mol. The number of nitrogens with zero attached hydrogens (tertiary/aromatic N) is 2. The van der Waals surface area contributed by atoms with E-state index in [1.165, 1.54) is 11.8 Å². The Morgan fingerprint density at radius 1 is 1.69 bits per heavy atom. The third-order valence-corrected chi connectivity index (χ3v) is 3.96. The van der Waals surface area contributed by atoms with Gasteiger partial charge in [0.15, 0.2) is 0 Å². The highest BCUT2D eigenvalue weighted by atomic mass is 32.2. The van der Waals surface area contributed by atoms with Gasteiger partial charge in [0.25, 0.3) is 0 Å². The van der Waals surface area contributed by atoms with Gasteiger partial charge in [0.1, 0.15) is 0 Å². The molecule has 1 saturated heterocycles. The molecule has 1 fully saturated rings. The van der Waals surface area contributed by atoms with Crippen LogP contribution in [-0.2, 0) is 9.84 Å². The van der Waals surface area contributed by atoms with E-state index >= 15 is 0 Å². The van der Waals surface area contributed by atoms with Gasteiger partial charge in [0.05, 0.1) is 17.7 Å². The number of hydrogen-bond acceptors (Lipinski definition) is 4. The van der Waals surface area contributed by atoms with E-state index in [1.807, 2.05) is 6.07 Å². The van der Waals surface area contributed by atoms with E-state index < -0.39 is 20.3 Å². The van der Waals surface area contributed by atoms with Gasteiger partial charge in [-0.25, -0.2) is 8.42 Å². The van der Waals surface area contributed by atoms with Crippen LogP contribution >= 0.6 is 0 Å². The number of nitriles is 1. The lowest BCUT2D eigenvalue weighted by atomic mass is 10.4. The summed E-state index contributed by atoms with van der Waals surface area (Å²) < 4.78 is 22.4. The van der Waals surface area contributed by atoms with E-state index in [0.29, 0.717) is 0 Å². The fourth-order valence-electron chi connectivity index (χ4n) is 1.20. The first-order valence-corrected chi connectivity index (χ1v) is 5.44. The molecular formula is C7H10N2O3S. The molecule has 0 saturated carbocycles. The van der Waals surface area contributed by atoms with Crippen LogP contribution in [0.2, 0.25) is 0 Å². The van der Waals surface area contributed by atoms with Crippen molar-refractivity contribution in [2.45, 2.75) is 18.6 Å². The molecule has 72 valence electrons. The molecule has 13 heavy (non-hydrogen) atoms. The number of hydrogen-bond donors (Lipinski definition) is 0. The molecule has 1 aliphatic heterocycles. The molecule has 1 atom stereocenters. The highest BCUT2D eigenvalue weighted by Crippen LogP contribution is 2.18. The maximum absolute atomic E-state index is 11.2. The second kappa shape index (κ2) is 3.34. The molecule has 0 aliphatic carbocycles. The van der Waals surface area contributed by atoms with E-state index in [2.05, 4.69) is 0 Å². The molecule has 1 aliphatic rings. The molecule has 6 heteroatoms. The van der Waals surface area contributed by atoms with Crippen LogP contribution in [0.25, 0.3) is 0 Å². The zero-order valence-corrected chi connectivity index (χ0v) is 8.04. The van der Waals surface area contributed by atoms with E-state index in [0.717, 1.165) is 0 Å². The summed E-state index contributed by atoms with van der Waals surface area (Å²) >= 11 is 0. The average molecular weight is 202 g/mol. The van der Waals surface area contributed by atoms with Crippen molar-refractivity contribution >= 4 is 15.1 Å². The number of sulfone groups is 1. The highest BCUT2D eigenvalue weighted by molar-refractivity contribution is 8.06. The van der Waals surface area contributed by atoms with Crippen LogP contribution < -0.4 is 0 Å². The minimum absolute atomic E-state index is 0.175. The molecule has 1 rings (SSSR count). The zero-order valence-electron chi connectivity index (χ0n) is 7.23. The van der Waals surface area contributed by atoms with Crippen LogP contribution in [0.15, 0.2) is 0 Å². The van der Waals surface area contributed by atoms with Gasteiger partial charge in [0.2, 0.25) is 9.84 Å². The molecule has 0 bridgehead atoms. The molecule has 0 aromatic rings. The molecule has 0 radical (unpaired) electrons. The predicted octanol–water partition coefficient (Wildman–Crippen LogP) is 0.139. The monoisotopic (exact) mass is 202 g/mol. The summed E-state index contributed by atoms with van der Waals surface area (Å²) in [6, 6.07) is 1.87. The Labute approximate surface area is 76.9 Å². The SMILES string of the molecule is CC1CN(CCC#N)C(=O)S1(=O)=O. The van der Waals surface area contributed by atoms with Gasteiger partial charge in [-0.2, -0.15) is 5.26 Å². The van der Waals surface area contributed by atoms with Crippen LogP contribution in [0.1, 0.15) is 13.3 Å². The van der Waals surface area contributed by atoms with Crippen molar-refractivity contribution in [2.24, 2.45) is 0 Å². The summed E-state index contributed by atoms with van der Waals surface area (Å²) in [5.74, 6) is 0. The maximum atomic E-state index is 11.2. The molecule has 1 unspecified atom stereocenters. The quantitative estimate of drug-likeness (QED) is 0.638. The van der Waals surface area contributed by atoms with Crippen LogP contribution in [0, 0.1) is 11.3 Å². The van der Waals surface area contributed by atoms with Crippen LogP contribution in [0.4, 0.5) is 4.79 Å². The average Bonchev–Trinajstić information content (AvgIpc) is 2.26. The lowest BCUT2D eigenvalue weighted by Crippen LogP contribution is -2.26. The van der Waals surface area contributed by atoms with Gasteiger partial charge in [-0.3, -0.25) is 4.79 Å². The molecule has 0 aromatic heterocycles. The van der Waals surface area contributed by atoms with Gasteiger partial charge in [-0.15, -0.1) is 0 Å². The highest BCUT2D eigenvalue weighted by Gasteiger charge is 2.41. The van der Waals surface area contributed by atoms with Gasteiger partial charge in [-0.1, -0.05) is 0 Å². The summed E-state index contributed by atoms with van der Waals surface area (Å²) in [6.07, 6.45) is 0.175. The minimum atomic E-state index is -3.61. The Morgan fingerprint density at radius 2 is 2.31 bits per heavy atom. The molecule has 0 spiro atoms. The van der Waals surface area contributed by atoms with Gasteiger partial charge in [0, 0.05) is 13.1 Å². The van der Waals surface area contributed by atoms with Gasteiger partial charge >= 0.3 is 5.24 Å². The van der Waals surface area contributed by atoms with E-state index in [-0.39, 0.29) is 19.5 Å². The first kappa shape index (κ1) is 9.99. The Hall–Kier alpha value is -1.09. The van der Waals surface area contributed by atoms with Gasteiger partial charge < -0.3 is 4.90 Å². The zero-order chi connectivity index (χ0) is 10.1. The standard InChI is InChI=1S/C7H10N2O3S/c1-6-5-9(4-2-3-8)7(10)13(6,11)12/h6H,2,4-5H2,1H3. The van der Waals surface area contributed by atoms with Crippen molar-refractivity contribution in [1.82, 2.24) is 4.90 Å². The Kier molecular flexibility index (Phi) is 2.57. The summed E-state index contributed by atoms with van der Waals surface area (Å²) in [7, 11) is -3.61. The molecule has 0 aromatic carbocycles. The Bertz CT molecular complexity index is 354.